The van der Waals surface area contributed by atoms with Gasteiger partial charge in [0.25, 0.3) is 0 Å². The number of nitrogens with zero attached hydrogens (tertiary/aromatic N) is 2. The highest BCUT2D eigenvalue weighted by Crippen LogP contribution is 2.22. The minimum Gasteiger partial charge on any atom is -0.463 e. The first kappa shape index (κ1) is 11.1. The molecule has 0 aliphatic heterocycles. The highest BCUT2D eigenvalue weighted by Gasteiger charge is 2.12. The molecule has 4 nitrogen and oxygen atoms in total. The van der Waals surface area contributed by atoms with Crippen molar-refractivity contribution >= 4 is 11.6 Å². The Morgan fingerprint density at radius 1 is 1.44 bits per heavy atom. The zero-order chi connectivity index (χ0) is 11.5. The van der Waals surface area contributed by atoms with Gasteiger partial charge in [-0.15, -0.1) is 0 Å². The molecule has 0 N–H and O–H groups in total. The monoisotopic (exact) mass is 238 g/mol. The second-order valence-corrected chi connectivity index (χ2v) is 3.68. The van der Waals surface area contributed by atoms with Crippen LogP contribution in [-0.2, 0) is 4.74 Å². The summed E-state index contributed by atoms with van der Waals surface area (Å²) >= 11 is 5.92. The lowest BCUT2D eigenvalue weighted by molar-refractivity contribution is 0.112. The molecular weight excluding hydrogens is 228 g/mol. The van der Waals surface area contributed by atoms with Crippen molar-refractivity contribution in [1.82, 2.24) is 9.97 Å². The summed E-state index contributed by atoms with van der Waals surface area (Å²) in [6.07, 6.45) is 1.39. The molecule has 0 saturated heterocycles. The van der Waals surface area contributed by atoms with Crippen LogP contribution in [0.25, 0.3) is 11.5 Å². The van der Waals surface area contributed by atoms with E-state index in [0.717, 1.165) is 0 Å². The first-order chi connectivity index (χ1) is 7.70. The summed E-state index contributed by atoms with van der Waals surface area (Å²) in [5.74, 6) is 1.20. The van der Waals surface area contributed by atoms with Crippen molar-refractivity contribution < 1.29 is 9.15 Å². The first-order valence-corrected chi connectivity index (χ1v) is 5.19. The van der Waals surface area contributed by atoms with Gasteiger partial charge < -0.3 is 9.15 Å². The summed E-state index contributed by atoms with van der Waals surface area (Å²) in [6, 6.07) is 5.27. The van der Waals surface area contributed by atoms with E-state index in [1.807, 2.05) is 13.0 Å². The third-order valence-electron chi connectivity index (χ3n) is 2.20. The van der Waals surface area contributed by atoms with E-state index in [-0.39, 0.29) is 6.10 Å². The highest BCUT2D eigenvalue weighted by atomic mass is 35.5. The van der Waals surface area contributed by atoms with E-state index in [1.165, 1.54) is 0 Å². The number of methoxy groups -OCH3 is 1. The highest BCUT2D eigenvalue weighted by molar-refractivity contribution is 6.29. The number of ether oxygens (including phenoxy) is 1. The van der Waals surface area contributed by atoms with Gasteiger partial charge in [0.2, 0.25) is 0 Å². The van der Waals surface area contributed by atoms with Gasteiger partial charge >= 0.3 is 0 Å². The Hall–Kier alpha value is -1.39. The molecule has 84 valence electrons. The molecule has 2 heterocycles. The SMILES string of the molecule is CO[C@@H](C)c1nc(Cl)cc(-c2ccco2)n1. The van der Waals surface area contributed by atoms with Gasteiger partial charge in [-0.3, -0.25) is 0 Å². The van der Waals surface area contributed by atoms with Crippen molar-refractivity contribution in [2.75, 3.05) is 7.11 Å². The van der Waals surface area contributed by atoms with Gasteiger partial charge in [0.15, 0.2) is 11.6 Å². The molecule has 1 atom stereocenters. The Morgan fingerprint density at radius 2 is 2.25 bits per heavy atom. The van der Waals surface area contributed by atoms with Gasteiger partial charge in [0, 0.05) is 13.2 Å². The van der Waals surface area contributed by atoms with Crippen molar-refractivity contribution in [2.24, 2.45) is 0 Å². The molecule has 0 amide bonds. The van der Waals surface area contributed by atoms with Gasteiger partial charge in [-0.1, -0.05) is 11.6 Å². The van der Waals surface area contributed by atoms with E-state index in [0.29, 0.717) is 22.4 Å². The molecule has 0 fully saturated rings. The fourth-order valence-corrected chi connectivity index (χ4v) is 1.46. The van der Waals surface area contributed by atoms with Gasteiger partial charge in [-0.25, -0.2) is 9.97 Å². The van der Waals surface area contributed by atoms with Crippen molar-refractivity contribution in [3.63, 3.8) is 0 Å². The summed E-state index contributed by atoms with van der Waals surface area (Å²) in [7, 11) is 1.60. The van der Waals surface area contributed by atoms with Crippen LogP contribution in [0.1, 0.15) is 18.9 Å². The molecule has 16 heavy (non-hydrogen) atoms. The molecule has 0 bridgehead atoms. The number of halogens is 1. The molecule has 0 spiro atoms. The van der Waals surface area contributed by atoms with Crippen LogP contribution < -0.4 is 0 Å². The molecule has 0 aliphatic rings. The van der Waals surface area contributed by atoms with Gasteiger partial charge in [0.1, 0.15) is 17.0 Å². The fourth-order valence-electron chi connectivity index (χ4n) is 1.27. The number of hydrogen-bond acceptors (Lipinski definition) is 4. The number of furan rings is 1. The average molecular weight is 239 g/mol. The molecule has 0 saturated carbocycles. The Kier molecular flexibility index (Phi) is 3.22. The predicted octanol–water partition coefficient (Wildman–Crippen LogP) is 3.10. The van der Waals surface area contributed by atoms with E-state index in [1.54, 1.807) is 25.5 Å². The van der Waals surface area contributed by atoms with Crippen LogP contribution in [0.4, 0.5) is 0 Å². The average Bonchev–Trinajstić information content (AvgIpc) is 2.80. The minimum atomic E-state index is -0.201. The van der Waals surface area contributed by atoms with Crippen LogP contribution in [0.5, 0.6) is 0 Å². The molecule has 2 aromatic heterocycles. The summed E-state index contributed by atoms with van der Waals surface area (Å²) in [4.78, 5) is 8.43. The van der Waals surface area contributed by atoms with Crippen molar-refractivity contribution in [3.05, 3.63) is 35.4 Å². The lowest BCUT2D eigenvalue weighted by Gasteiger charge is -2.09. The van der Waals surface area contributed by atoms with Crippen molar-refractivity contribution in [2.45, 2.75) is 13.0 Å². The summed E-state index contributed by atoms with van der Waals surface area (Å²) in [5, 5.41) is 0.375. The van der Waals surface area contributed by atoms with Gasteiger partial charge in [-0.05, 0) is 19.1 Å². The van der Waals surface area contributed by atoms with E-state index < -0.39 is 0 Å². The van der Waals surface area contributed by atoms with E-state index in [4.69, 9.17) is 20.8 Å². The third-order valence-corrected chi connectivity index (χ3v) is 2.40. The quantitative estimate of drug-likeness (QED) is 0.771. The molecule has 0 radical (unpaired) electrons. The largest absolute Gasteiger partial charge is 0.463 e. The second kappa shape index (κ2) is 4.63. The van der Waals surface area contributed by atoms with E-state index in [2.05, 4.69) is 9.97 Å². The van der Waals surface area contributed by atoms with Crippen LogP contribution in [0.2, 0.25) is 5.15 Å². The maximum Gasteiger partial charge on any atom is 0.159 e. The lowest BCUT2D eigenvalue weighted by atomic mass is 10.3. The van der Waals surface area contributed by atoms with Crippen molar-refractivity contribution in [1.29, 1.82) is 0 Å². The normalized spacial score (nSPS) is 12.7. The third kappa shape index (κ3) is 2.23. The molecule has 5 heteroatoms. The molecule has 0 aromatic carbocycles. The number of hydrogen-bond donors (Lipinski definition) is 0. The van der Waals surface area contributed by atoms with Gasteiger partial charge in [-0.2, -0.15) is 0 Å². The Morgan fingerprint density at radius 3 is 2.88 bits per heavy atom. The number of rotatable bonds is 3. The van der Waals surface area contributed by atoms with Gasteiger partial charge in [0.05, 0.1) is 6.26 Å². The number of aromatic nitrogens is 2. The Balaban J connectivity index is 2.44. The first-order valence-electron chi connectivity index (χ1n) is 4.82. The fraction of sp³-hybridized carbons (Fsp3) is 0.273. The molecule has 2 aromatic rings. The van der Waals surface area contributed by atoms with Crippen LogP contribution in [0.15, 0.2) is 28.9 Å². The standard InChI is InChI=1S/C11H11ClN2O2/c1-7(15-2)11-13-8(6-10(12)14-11)9-4-3-5-16-9/h3-7H,1-2H3/t7-/m0/s1. The zero-order valence-electron chi connectivity index (χ0n) is 8.98. The molecule has 0 aliphatic carbocycles. The smallest absolute Gasteiger partial charge is 0.159 e. The van der Waals surface area contributed by atoms with E-state index in [9.17, 15) is 0 Å². The van der Waals surface area contributed by atoms with Crippen LogP contribution in [-0.4, -0.2) is 17.1 Å². The second-order valence-electron chi connectivity index (χ2n) is 3.29. The minimum absolute atomic E-state index is 0.201. The van der Waals surface area contributed by atoms with Crippen molar-refractivity contribution in [3.8, 4) is 11.5 Å². The molecular formula is C11H11ClN2O2. The molecule has 0 unspecified atom stereocenters. The lowest BCUT2D eigenvalue weighted by Crippen LogP contribution is -2.03. The Bertz CT molecular complexity index is 471. The maximum atomic E-state index is 5.92. The maximum absolute atomic E-state index is 5.92. The topological polar surface area (TPSA) is 48.2 Å². The summed E-state index contributed by atoms with van der Waals surface area (Å²) in [6.45, 7) is 1.86. The molecule has 2 rings (SSSR count). The van der Waals surface area contributed by atoms with Crippen LogP contribution in [0.3, 0.4) is 0 Å². The summed E-state index contributed by atoms with van der Waals surface area (Å²) < 4.78 is 10.4. The zero-order valence-corrected chi connectivity index (χ0v) is 9.73. The summed E-state index contributed by atoms with van der Waals surface area (Å²) in [5.41, 5.74) is 0.656. The predicted molar refractivity (Wildman–Crippen MR) is 60.2 cm³/mol. The van der Waals surface area contributed by atoms with Crippen LogP contribution >= 0.6 is 11.6 Å². The van der Waals surface area contributed by atoms with E-state index >= 15 is 0 Å². The van der Waals surface area contributed by atoms with Crippen LogP contribution in [0, 0.1) is 0 Å². The Labute approximate surface area is 98.2 Å².